The lowest BCUT2D eigenvalue weighted by Crippen LogP contribution is -2.39. The number of amides is 1. The molecule has 1 aromatic carbocycles. The van der Waals surface area contributed by atoms with E-state index in [1.54, 1.807) is 12.1 Å². The molecule has 1 N–H and O–H groups in total. The molecule has 1 saturated heterocycles. The molecule has 2 aliphatic rings. The lowest BCUT2D eigenvalue weighted by molar-refractivity contribution is -0.116. The smallest absolute Gasteiger partial charge is 0.243 e. The van der Waals surface area contributed by atoms with Crippen LogP contribution in [0.2, 0.25) is 0 Å². The topological polar surface area (TPSA) is 75.7 Å². The van der Waals surface area contributed by atoms with Crippen LogP contribution in [0.4, 0.5) is 5.69 Å². The Balaban J connectivity index is 1.92. The first-order chi connectivity index (χ1) is 10.5. The molecule has 0 saturated carbocycles. The molecule has 0 bridgehead atoms. The van der Waals surface area contributed by atoms with Gasteiger partial charge in [0.05, 0.1) is 23.6 Å². The quantitative estimate of drug-likeness (QED) is 0.900. The molecule has 22 heavy (non-hydrogen) atoms. The van der Waals surface area contributed by atoms with Crippen LogP contribution in [-0.2, 0) is 14.8 Å². The van der Waals surface area contributed by atoms with E-state index >= 15 is 0 Å². The predicted octanol–water partition coefficient (Wildman–Crippen LogP) is 1.83. The zero-order chi connectivity index (χ0) is 15.7. The highest BCUT2D eigenvalue weighted by atomic mass is 32.2. The molecule has 120 valence electrons. The minimum Gasteiger partial charge on any atom is -0.491 e. The Labute approximate surface area is 130 Å². The summed E-state index contributed by atoms with van der Waals surface area (Å²) in [6, 6.07) is 4.65. The molecule has 1 atom stereocenters. The molecule has 1 fully saturated rings. The average Bonchev–Trinajstić information content (AvgIpc) is 2.67. The fourth-order valence-corrected chi connectivity index (χ4v) is 4.50. The second kappa shape index (κ2) is 5.89. The number of ether oxygens (including phenoxy) is 1. The highest BCUT2D eigenvalue weighted by Crippen LogP contribution is 2.32. The normalized spacial score (nSPS) is 23.1. The summed E-state index contributed by atoms with van der Waals surface area (Å²) in [5.41, 5.74) is 0.425. The van der Waals surface area contributed by atoms with Crippen molar-refractivity contribution in [2.75, 3.05) is 25.0 Å². The number of hydrogen-bond donors (Lipinski definition) is 1. The lowest BCUT2D eigenvalue weighted by Gasteiger charge is -2.30. The van der Waals surface area contributed by atoms with Crippen molar-refractivity contribution in [1.82, 2.24) is 4.31 Å². The van der Waals surface area contributed by atoms with Crippen molar-refractivity contribution >= 4 is 21.6 Å². The Morgan fingerprint density at radius 1 is 1.36 bits per heavy atom. The molecule has 2 heterocycles. The number of carbonyl (C=O) groups is 1. The van der Waals surface area contributed by atoms with E-state index in [9.17, 15) is 13.2 Å². The summed E-state index contributed by atoms with van der Waals surface area (Å²) < 4.78 is 32.5. The van der Waals surface area contributed by atoms with Crippen LogP contribution < -0.4 is 10.1 Å². The molecule has 3 rings (SSSR count). The second-order valence-corrected chi connectivity index (χ2v) is 7.85. The van der Waals surface area contributed by atoms with Crippen LogP contribution in [-0.4, -0.2) is 38.3 Å². The largest absolute Gasteiger partial charge is 0.491 e. The molecule has 1 amide bonds. The molecule has 2 aliphatic heterocycles. The number of piperidine rings is 1. The molecule has 0 radical (unpaired) electrons. The molecule has 6 nitrogen and oxygen atoms in total. The molecule has 0 spiro atoms. The van der Waals surface area contributed by atoms with Gasteiger partial charge in [-0.1, -0.05) is 6.92 Å². The third-order valence-corrected chi connectivity index (χ3v) is 5.93. The van der Waals surface area contributed by atoms with Gasteiger partial charge < -0.3 is 10.1 Å². The summed E-state index contributed by atoms with van der Waals surface area (Å²) in [5.74, 6) is 0.712. The number of benzene rings is 1. The van der Waals surface area contributed by atoms with Crippen molar-refractivity contribution in [1.29, 1.82) is 0 Å². The number of hydrogen-bond acceptors (Lipinski definition) is 4. The molecule has 1 unspecified atom stereocenters. The van der Waals surface area contributed by atoms with E-state index in [0.717, 1.165) is 12.8 Å². The Morgan fingerprint density at radius 3 is 2.95 bits per heavy atom. The van der Waals surface area contributed by atoms with Gasteiger partial charge in [0, 0.05) is 13.1 Å². The van der Waals surface area contributed by atoms with Crippen molar-refractivity contribution in [3.63, 3.8) is 0 Å². The SMILES string of the molecule is CC1CCCN(S(=O)(=O)c2ccc3c(c2)NC(=O)CCO3)C1. The summed E-state index contributed by atoms with van der Waals surface area (Å²) in [6.07, 6.45) is 2.20. The van der Waals surface area contributed by atoms with E-state index in [2.05, 4.69) is 12.2 Å². The maximum Gasteiger partial charge on any atom is 0.243 e. The fraction of sp³-hybridized carbons (Fsp3) is 0.533. The van der Waals surface area contributed by atoms with Crippen molar-refractivity contribution < 1.29 is 17.9 Å². The lowest BCUT2D eigenvalue weighted by atomic mass is 10.0. The second-order valence-electron chi connectivity index (χ2n) is 5.92. The van der Waals surface area contributed by atoms with Gasteiger partial charge in [-0.25, -0.2) is 8.42 Å². The number of carbonyl (C=O) groups excluding carboxylic acids is 1. The van der Waals surface area contributed by atoms with Crippen molar-refractivity contribution in [3.8, 4) is 5.75 Å². The molecular formula is C15H20N2O4S. The molecule has 7 heteroatoms. The number of fused-ring (bicyclic) bond motifs is 1. The number of nitrogens with one attached hydrogen (secondary N) is 1. The summed E-state index contributed by atoms with van der Waals surface area (Å²) in [5, 5.41) is 2.70. The number of nitrogens with zero attached hydrogens (tertiary/aromatic N) is 1. The van der Waals surface area contributed by atoms with Gasteiger partial charge in [-0.2, -0.15) is 4.31 Å². The van der Waals surface area contributed by atoms with Crippen molar-refractivity contribution in [2.45, 2.75) is 31.1 Å². The molecule has 0 aromatic heterocycles. The van der Waals surface area contributed by atoms with Gasteiger partial charge in [0.1, 0.15) is 5.75 Å². The van der Waals surface area contributed by atoms with Gasteiger partial charge in [-0.05, 0) is 37.0 Å². The zero-order valence-electron chi connectivity index (χ0n) is 12.5. The van der Waals surface area contributed by atoms with E-state index in [1.165, 1.54) is 10.4 Å². The Kier molecular flexibility index (Phi) is 4.10. The Bertz CT molecular complexity index is 687. The average molecular weight is 324 g/mol. The minimum absolute atomic E-state index is 0.167. The Morgan fingerprint density at radius 2 is 2.18 bits per heavy atom. The van der Waals surface area contributed by atoms with Gasteiger partial charge in [0.15, 0.2) is 0 Å². The number of rotatable bonds is 2. The maximum absolute atomic E-state index is 12.8. The summed E-state index contributed by atoms with van der Waals surface area (Å²) in [7, 11) is -3.53. The Hall–Kier alpha value is -1.60. The molecule has 1 aromatic rings. The van der Waals surface area contributed by atoms with Gasteiger partial charge in [0.25, 0.3) is 0 Å². The van der Waals surface area contributed by atoms with Gasteiger partial charge >= 0.3 is 0 Å². The van der Waals surface area contributed by atoms with Gasteiger partial charge in [-0.3, -0.25) is 4.79 Å². The third kappa shape index (κ3) is 2.96. The summed E-state index contributed by atoms with van der Waals surface area (Å²) in [6.45, 7) is 3.45. The van der Waals surface area contributed by atoms with E-state index in [-0.39, 0.29) is 17.2 Å². The van der Waals surface area contributed by atoms with E-state index in [0.29, 0.717) is 37.1 Å². The minimum atomic E-state index is -3.53. The van der Waals surface area contributed by atoms with Crippen LogP contribution >= 0.6 is 0 Å². The van der Waals surface area contributed by atoms with Crippen LogP contribution in [0.15, 0.2) is 23.1 Å². The van der Waals surface area contributed by atoms with Crippen LogP contribution in [0.1, 0.15) is 26.2 Å². The maximum atomic E-state index is 12.8. The number of sulfonamides is 1. The first-order valence-corrected chi connectivity index (χ1v) is 8.97. The summed E-state index contributed by atoms with van der Waals surface area (Å²) >= 11 is 0. The first kappa shape index (κ1) is 15.3. The predicted molar refractivity (Wildman–Crippen MR) is 82.3 cm³/mol. The van der Waals surface area contributed by atoms with Crippen LogP contribution in [0.3, 0.4) is 0 Å². The number of anilines is 1. The summed E-state index contributed by atoms with van der Waals surface area (Å²) in [4.78, 5) is 11.8. The first-order valence-electron chi connectivity index (χ1n) is 7.53. The molecule has 0 aliphatic carbocycles. The monoisotopic (exact) mass is 324 g/mol. The van der Waals surface area contributed by atoms with Crippen molar-refractivity contribution in [2.24, 2.45) is 5.92 Å². The standard InChI is InChI=1S/C15H20N2O4S/c1-11-3-2-7-17(10-11)22(19,20)12-4-5-14-13(9-12)16-15(18)6-8-21-14/h4-5,9,11H,2-3,6-8,10H2,1H3,(H,16,18). The van der Waals surface area contributed by atoms with E-state index in [4.69, 9.17) is 4.74 Å². The highest BCUT2D eigenvalue weighted by Gasteiger charge is 2.29. The third-order valence-electron chi connectivity index (χ3n) is 4.07. The van der Waals surface area contributed by atoms with E-state index < -0.39 is 10.0 Å². The van der Waals surface area contributed by atoms with Crippen LogP contribution in [0, 0.1) is 5.92 Å². The van der Waals surface area contributed by atoms with Crippen LogP contribution in [0.25, 0.3) is 0 Å². The van der Waals surface area contributed by atoms with Gasteiger partial charge in [-0.15, -0.1) is 0 Å². The molecular weight excluding hydrogens is 304 g/mol. The van der Waals surface area contributed by atoms with E-state index in [1.807, 2.05) is 0 Å². The fourth-order valence-electron chi connectivity index (χ4n) is 2.87. The van der Waals surface area contributed by atoms with Crippen LogP contribution in [0.5, 0.6) is 5.75 Å². The zero-order valence-corrected chi connectivity index (χ0v) is 13.4. The van der Waals surface area contributed by atoms with Crippen molar-refractivity contribution in [3.05, 3.63) is 18.2 Å². The van der Waals surface area contributed by atoms with Gasteiger partial charge in [0.2, 0.25) is 15.9 Å². The highest BCUT2D eigenvalue weighted by molar-refractivity contribution is 7.89.